The van der Waals surface area contributed by atoms with Crippen LogP contribution in [0.2, 0.25) is 0 Å². The van der Waals surface area contributed by atoms with E-state index in [0.717, 1.165) is 11.8 Å². The topological polar surface area (TPSA) is 12.0 Å². The first-order valence-electron chi connectivity index (χ1n) is 6.44. The Kier molecular flexibility index (Phi) is 4.04. The van der Waals surface area contributed by atoms with Gasteiger partial charge in [0, 0.05) is 15.8 Å². The lowest BCUT2D eigenvalue weighted by Gasteiger charge is -2.32. The molecule has 1 saturated carbocycles. The summed E-state index contributed by atoms with van der Waals surface area (Å²) in [6, 6.07) is 5.14. The number of hydrogen-bond donors (Lipinski definition) is 1. The summed E-state index contributed by atoms with van der Waals surface area (Å²) in [5.74, 6) is 1.75. The molecular weight excluding hydrogens is 214 g/mol. The summed E-state index contributed by atoms with van der Waals surface area (Å²) < 4.78 is 0. The smallest absolute Gasteiger partial charge is 0.0441 e. The van der Waals surface area contributed by atoms with E-state index in [1.165, 1.54) is 35.4 Å². The Morgan fingerprint density at radius 3 is 2.75 bits per heavy atom. The monoisotopic (exact) mass is 237 g/mol. The van der Waals surface area contributed by atoms with Gasteiger partial charge in [0.05, 0.1) is 0 Å². The normalized spacial score (nSPS) is 27.9. The first-order chi connectivity index (χ1) is 7.70. The van der Waals surface area contributed by atoms with Gasteiger partial charge in [0.25, 0.3) is 0 Å². The molecule has 1 heterocycles. The third kappa shape index (κ3) is 2.67. The highest BCUT2D eigenvalue weighted by molar-refractivity contribution is 7.12. The van der Waals surface area contributed by atoms with Crippen molar-refractivity contribution in [2.45, 2.75) is 45.6 Å². The van der Waals surface area contributed by atoms with Crippen LogP contribution in [0, 0.1) is 18.8 Å². The second-order valence-electron chi connectivity index (χ2n) is 5.25. The number of aryl methyl sites for hydroxylation is 1. The second-order valence-corrected chi connectivity index (χ2v) is 6.57. The Bertz CT molecular complexity index is 331. The van der Waals surface area contributed by atoms with Gasteiger partial charge in [-0.15, -0.1) is 11.3 Å². The molecule has 1 nitrogen and oxygen atoms in total. The molecule has 0 radical (unpaired) electrons. The van der Waals surface area contributed by atoms with Gasteiger partial charge < -0.3 is 5.32 Å². The van der Waals surface area contributed by atoms with Gasteiger partial charge in [-0.05, 0) is 50.8 Å². The second kappa shape index (κ2) is 5.33. The number of thiophene rings is 1. The van der Waals surface area contributed by atoms with Crippen molar-refractivity contribution in [1.82, 2.24) is 5.32 Å². The summed E-state index contributed by atoms with van der Waals surface area (Å²) in [5.41, 5.74) is 0. The van der Waals surface area contributed by atoms with E-state index in [2.05, 4.69) is 38.3 Å². The molecule has 1 aromatic rings. The summed E-state index contributed by atoms with van der Waals surface area (Å²) in [6.45, 7) is 4.60. The van der Waals surface area contributed by atoms with Crippen molar-refractivity contribution in [2.24, 2.45) is 11.8 Å². The molecule has 1 aliphatic rings. The molecule has 16 heavy (non-hydrogen) atoms. The highest BCUT2D eigenvalue weighted by atomic mass is 32.1. The van der Waals surface area contributed by atoms with Crippen LogP contribution in [0.25, 0.3) is 0 Å². The lowest BCUT2D eigenvalue weighted by Crippen LogP contribution is -2.28. The summed E-state index contributed by atoms with van der Waals surface area (Å²) in [4.78, 5) is 2.96. The van der Waals surface area contributed by atoms with Crippen molar-refractivity contribution < 1.29 is 0 Å². The third-order valence-corrected chi connectivity index (χ3v) is 4.91. The fourth-order valence-electron chi connectivity index (χ4n) is 3.01. The molecule has 0 bridgehead atoms. The van der Waals surface area contributed by atoms with Crippen LogP contribution in [0.5, 0.6) is 0 Å². The molecule has 3 atom stereocenters. The van der Waals surface area contributed by atoms with Crippen molar-refractivity contribution >= 4 is 11.3 Å². The van der Waals surface area contributed by atoms with Crippen molar-refractivity contribution in [3.63, 3.8) is 0 Å². The number of hydrogen-bond acceptors (Lipinski definition) is 2. The van der Waals surface area contributed by atoms with Crippen LogP contribution < -0.4 is 5.32 Å². The zero-order valence-electron chi connectivity index (χ0n) is 10.6. The van der Waals surface area contributed by atoms with Crippen LogP contribution in [0.15, 0.2) is 12.1 Å². The van der Waals surface area contributed by atoms with E-state index in [-0.39, 0.29) is 0 Å². The largest absolute Gasteiger partial charge is 0.312 e. The molecule has 90 valence electrons. The maximum absolute atomic E-state index is 3.53. The molecule has 0 amide bonds. The van der Waals surface area contributed by atoms with E-state index in [0.29, 0.717) is 6.04 Å². The summed E-state index contributed by atoms with van der Waals surface area (Å²) >= 11 is 1.95. The molecule has 2 heteroatoms. The minimum absolute atomic E-state index is 0.585. The first-order valence-corrected chi connectivity index (χ1v) is 7.26. The predicted molar refractivity (Wildman–Crippen MR) is 72.0 cm³/mol. The van der Waals surface area contributed by atoms with Crippen molar-refractivity contribution in [3.05, 3.63) is 21.9 Å². The van der Waals surface area contributed by atoms with Crippen molar-refractivity contribution in [2.75, 3.05) is 7.05 Å². The number of rotatable bonds is 3. The Hall–Kier alpha value is -0.340. The van der Waals surface area contributed by atoms with Gasteiger partial charge in [-0.2, -0.15) is 0 Å². The van der Waals surface area contributed by atoms with Crippen LogP contribution in [-0.2, 0) is 0 Å². The first kappa shape index (κ1) is 12.1. The summed E-state index contributed by atoms with van der Waals surface area (Å²) in [6.07, 6.45) is 5.63. The Morgan fingerprint density at radius 1 is 1.38 bits per heavy atom. The van der Waals surface area contributed by atoms with Crippen LogP contribution in [-0.4, -0.2) is 7.05 Å². The lowest BCUT2D eigenvalue weighted by atomic mass is 9.78. The molecule has 2 rings (SSSR count). The van der Waals surface area contributed by atoms with Gasteiger partial charge in [-0.3, -0.25) is 0 Å². The molecule has 0 aromatic carbocycles. The molecule has 0 spiro atoms. The Morgan fingerprint density at radius 2 is 2.19 bits per heavy atom. The molecule has 1 aliphatic carbocycles. The Labute approximate surface area is 103 Å². The van der Waals surface area contributed by atoms with E-state index in [9.17, 15) is 0 Å². The van der Waals surface area contributed by atoms with E-state index in [1.807, 2.05) is 11.3 Å². The average Bonchev–Trinajstić information content (AvgIpc) is 2.66. The van der Waals surface area contributed by atoms with Gasteiger partial charge in [0.15, 0.2) is 0 Å². The zero-order chi connectivity index (χ0) is 11.5. The highest BCUT2D eigenvalue weighted by Crippen LogP contribution is 2.38. The minimum atomic E-state index is 0.585. The molecule has 1 N–H and O–H groups in total. The molecule has 0 saturated heterocycles. The van der Waals surface area contributed by atoms with Crippen LogP contribution in [0.1, 0.15) is 48.4 Å². The van der Waals surface area contributed by atoms with Gasteiger partial charge >= 0.3 is 0 Å². The average molecular weight is 237 g/mol. The predicted octanol–water partition coefficient (Wildman–Crippen LogP) is 4.14. The molecular formula is C14H23NS. The highest BCUT2D eigenvalue weighted by Gasteiger charge is 2.27. The maximum atomic E-state index is 3.53. The standard InChI is InChI=1S/C14H23NS/c1-10-5-4-6-12(9-10)14(15-3)13-8-7-11(2)16-13/h7-8,10,12,14-15H,4-6,9H2,1-3H3. The molecule has 3 unspecified atom stereocenters. The fourth-order valence-corrected chi connectivity index (χ4v) is 4.10. The SMILES string of the molecule is CNC(c1ccc(C)s1)C1CCCC(C)C1. The lowest BCUT2D eigenvalue weighted by molar-refractivity contribution is 0.232. The molecule has 0 aliphatic heterocycles. The van der Waals surface area contributed by atoms with Crippen molar-refractivity contribution in [3.8, 4) is 0 Å². The minimum Gasteiger partial charge on any atom is -0.312 e. The van der Waals surface area contributed by atoms with Gasteiger partial charge in [0.1, 0.15) is 0 Å². The summed E-state index contributed by atoms with van der Waals surface area (Å²) in [5, 5.41) is 3.53. The van der Waals surface area contributed by atoms with Gasteiger partial charge in [-0.25, -0.2) is 0 Å². The van der Waals surface area contributed by atoms with E-state index in [1.54, 1.807) is 0 Å². The van der Waals surface area contributed by atoms with E-state index >= 15 is 0 Å². The summed E-state index contributed by atoms with van der Waals surface area (Å²) in [7, 11) is 2.11. The van der Waals surface area contributed by atoms with Crippen LogP contribution >= 0.6 is 11.3 Å². The van der Waals surface area contributed by atoms with Crippen molar-refractivity contribution in [1.29, 1.82) is 0 Å². The van der Waals surface area contributed by atoms with E-state index in [4.69, 9.17) is 0 Å². The molecule has 1 aromatic heterocycles. The van der Waals surface area contributed by atoms with Crippen LogP contribution in [0.4, 0.5) is 0 Å². The van der Waals surface area contributed by atoms with Gasteiger partial charge in [0.2, 0.25) is 0 Å². The maximum Gasteiger partial charge on any atom is 0.0441 e. The van der Waals surface area contributed by atoms with Crippen LogP contribution in [0.3, 0.4) is 0 Å². The number of nitrogens with one attached hydrogen (secondary N) is 1. The fraction of sp³-hybridized carbons (Fsp3) is 0.714. The third-order valence-electron chi connectivity index (χ3n) is 3.83. The van der Waals surface area contributed by atoms with Gasteiger partial charge in [-0.1, -0.05) is 19.8 Å². The Balaban J connectivity index is 2.09. The molecule has 1 fully saturated rings. The quantitative estimate of drug-likeness (QED) is 0.833. The van der Waals surface area contributed by atoms with E-state index < -0.39 is 0 Å². The zero-order valence-corrected chi connectivity index (χ0v) is 11.4.